The molecule has 2 aromatic heterocycles. The summed E-state index contributed by atoms with van der Waals surface area (Å²) in [6.07, 6.45) is 2.53. The molecule has 0 saturated carbocycles. The summed E-state index contributed by atoms with van der Waals surface area (Å²) in [6.45, 7) is 4.26. The lowest BCUT2D eigenvalue weighted by Crippen LogP contribution is -2.45. The molecule has 0 aromatic carbocycles. The zero-order valence-electron chi connectivity index (χ0n) is 12.1. The van der Waals surface area contributed by atoms with Gasteiger partial charge in [-0.05, 0) is 33.9 Å². The van der Waals surface area contributed by atoms with E-state index < -0.39 is 0 Å². The number of fused-ring (bicyclic) bond motifs is 1. The van der Waals surface area contributed by atoms with Crippen molar-refractivity contribution in [3.63, 3.8) is 0 Å². The molecule has 1 unspecified atom stereocenters. The second-order valence-electron chi connectivity index (χ2n) is 5.56. The third-order valence-corrected chi connectivity index (χ3v) is 5.14. The molecule has 0 bridgehead atoms. The van der Waals surface area contributed by atoms with Crippen molar-refractivity contribution >= 4 is 26.8 Å². The van der Waals surface area contributed by atoms with Crippen LogP contribution in [-0.2, 0) is 7.05 Å². The van der Waals surface area contributed by atoms with Gasteiger partial charge >= 0.3 is 0 Å². The van der Waals surface area contributed by atoms with Crippen LogP contribution in [0.3, 0.4) is 0 Å². The second-order valence-corrected chi connectivity index (χ2v) is 6.54. The Balaban J connectivity index is 1.89. The molecule has 1 fully saturated rings. The van der Waals surface area contributed by atoms with Crippen LogP contribution in [0.15, 0.2) is 0 Å². The normalized spacial score (nSPS) is 20.7. The number of aryl methyl sites for hydroxylation is 2. The molecular formula is C13H21N5S. The molecule has 0 spiro atoms. The quantitative estimate of drug-likeness (QED) is 0.841. The van der Waals surface area contributed by atoms with Gasteiger partial charge in [0.05, 0.1) is 10.4 Å². The lowest BCUT2D eigenvalue weighted by atomic mass is 10.1. The van der Waals surface area contributed by atoms with Crippen LogP contribution in [0.2, 0.25) is 0 Å². The average Bonchev–Trinajstić information content (AvgIpc) is 2.93. The summed E-state index contributed by atoms with van der Waals surface area (Å²) < 4.78 is 3.11. The Hall–Kier alpha value is -1.14. The molecule has 3 heterocycles. The fourth-order valence-corrected chi connectivity index (χ4v) is 3.83. The van der Waals surface area contributed by atoms with Crippen LogP contribution in [0.25, 0.3) is 10.3 Å². The summed E-state index contributed by atoms with van der Waals surface area (Å²) in [5.74, 6) is 0. The maximum atomic E-state index is 4.78. The predicted molar refractivity (Wildman–Crippen MR) is 80.0 cm³/mol. The zero-order chi connectivity index (χ0) is 13.6. The Kier molecular flexibility index (Phi) is 3.22. The van der Waals surface area contributed by atoms with E-state index in [1.807, 2.05) is 11.7 Å². The molecular weight excluding hydrogens is 258 g/mol. The summed E-state index contributed by atoms with van der Waals surface area (Å²) in [4.78, 5) is 9.53. The molecule has 5 nitrogen and oxygen atoms in total. The Labute approximate surface area is 117 Å². The lowest BCUT2D eigenvalue weighted by molar-refractivity contribution is 0.258. The summed E-state index contributed by atoms with van der Waals surface area (Å²) in [7, 11) is 6.30. The van der Waals surface area contributed by atoms with Gasteiger partial charge in [-0.1, -0.05) is 11.3 Å². The fourth-order valence-electron chi connectivity index (χ4n) is 2.76. The zero-order valence-corrected chi connectivity index (χ0v) is 12.9. The van der Waals surface area contributed by atoms with Crippen LogP contribution < -0.4 is 4.90 Å². The Bertz CT molecular complexity index is 551. The lowest BCUT2D eigenvalue weighted by Gasteiger charge is -2.35. The van der Waals surface area contributed by atoms with E-state index in [2.05, 4.69) is 35.9 Å². The van der Waals surface area contributed by atoms with Gasteiger partial charge in [0.15, 0.2) is 10.8 Å². The number of anilines is 1. The van der Waals surface area contributed by atoms with E-state index >= 15 is 0 Å². The average molecular weight is 279 g/mol. The molecule has 104 valence electrons. The number of hydrogen-bond acceptors (Lipinski definition) is 5. The minimum Gasteiger partial charge on any atom is -0.346 e. The first-order valence-electron chi connectivity index (χ1n) is 6.78. The van der Waals surface area contributed by atoms with Crippen LogP contribution >= 0.6 is 11.3 Å². The van der Waals surface area contributed by atoms with Gasteiger partial charge < -0.3 is 9.80 Å². The van der Waals surface area contributed by atoms with Crippen molar-refractivity contribution in [1.29, 1.82) is 0 Å². The first-order valence-corrected chi connectivity index (χ1v) is 7.59. The Morgan fingerprint density at radius 3 is 2.84 bits per heavy atom. The molecule has 19 heavy (non-hydrogen) atoms. The molecule has 1 saturated heterocycles. The third kappa shape index (κ3) is 2.23. The van der Waals surface area contributed by atoms with Crippen molar-refractivity contribution in [2.24, 2.45) is 7.05 Å². The van der Waals surface area contributed by atoms with Gasteiger partial charge in [-0.15, -0.1) is 0 Å². The van der Waals surface area contributed by atoms with E-state index in [4.69, 9.17) is 4.98 Å². The largest absolute Gasteiger partial charge is 0.346 e. The highest BCUT2D eigenvalue weighted by molar-refractivity contribution is 7.22. The van der Waals surface area contributed by atoms with Gasteiger partial charge in [0.25, 0.3) is 0 Å². The van der Waals surface area contributed by atoms with Crippen molar-refractivity contribution in [3.05, 3.63) is 5.69 Å². The van der Waals surface area contributed by atoms with Gasteiger partial charge in [-0.25, -0.2) is 9.67 Å². The standard InChI is InChI=1S/C13H21N5S/c1-9-11-12(17(4)15-9)14-13(19-11)18-7-5-6-10(8-18)16(2)3/h10H,5-8H2,1-4H3. The number of piperidine rings is 1. The minimum absolute atomic E-state index is 0.639. The van der Waals surface area contributed by atoms with Crippen molar-refractivity contribution < 1.29 is 0 Å². The van der Waals surface area contributed by atoms with E-state index in [9.17, 15) is 0 Å². The number of likely N-dealkylation sites (N-methyl/N-ethyl adjacent to an activating group) is 1. The molecule has 1 aliphatic heterocycles. The van der Waals surface area contributed by atoms with E-state index in [1.165, 1.54) is 17.5 Å². The number of aromatic nitrogens is 3. The SMILES string of the molecule is Cc1nn(C)c2nc(N3CCCC(N(C)C)C3)sc12. The van der Waals surface area contributed by atoms with Gasteiger partial charge in [0.1, 0.15) is 0 Å². The fraction of sp³-hybridized carbons (Fsp3) is 0.692. The Morgan fingerprint density at radius 2 is 2.16 bits per heavy atom. The van der Waals surface area contributed by atoms with E-state index in [0.717, 1.165) is 29.6 Å². The molecule has 3 rings (SSSR count). The first-order chi connectivity index (χ1) is 9.06. The molecule has 0 aliphatic carbocycles. The van der Waals surface area contributed by atoms with Crippen LogP contribution in [-0.4, -0.2) is 52.9 Å². The summed E-state index contributed by atoms with van der Waals surface area (Å²) in [5.41, 5.74) is 2.10. The van der Waals surface area contributed by atoms with Crippen LogP contribution in [0.1, 0.15) is 18.5 Å². The van der Waals surface area contributed by atoms with Crippen molar-refractivity contribution in [2.45, 2.75) is 25.8 Å². The Morgan fingerprint density at radius 1 is 1.37 bits per heavy atom. The van der Waals surface area contributed by atoms with Crippen molar-refractivity contribution in [1.82, 2.24) is 19.7 Å². The van der Waals surface area contributed by atoms with E-state index in [0.29, 0.717) is 6.04 Å². The van der Waals surface area contributed by atoms with Crippen molar-refractivity contribution in [3.8, 4) is 0 Å². The van der Waals surface area contributed by atoms with E-state index in [1.54, 1.807) is 11.3 Å². The summed E-state index contributed by atoms with van der Waals surface area (Å²) in [6, 6.07) is 0.639. The van der Waals surface area contributed by atoms with Crippen molar-refractivity contribution in [2.75, 3.05) is 32.1 Å². The number of thiazole rings is 1. The summed E-state index contributed by atoms with van der Waals surface area (Å²) in [5, 5.41) is 5.57. The highest BCUT2D eigenvalue weighted by atomic mass is 32.1. The van der Waals surface area contributed by atoms with Gasteiger partial charge in [-0.2, -0.15) is 5.10 Å². The molecule has 0 amide bonds. The smallest absolute Gasteiger partial charge is 0.188 e. The monoisotopic (exact) mass is 279 g/mol. The van der Waals surface area contributed by atoms with Gasteiger partial charge in [0.2, 0.25) is 0 Å². The van der Waals surface area contributed by atoms with Crippen LogP contribution in [0, 0.1) is 6.92 Å². The number of rotatable bonds is 2. The summed E-state index contributed by atoms with van der Waals surface area (Å²) >= 11 is 1.78. The topological polar surface area (TPSA) is 37.2 Å². The van der Waals surface area contributed by atoms with Gasteiger partial charge in [0, 0.05) is 26.2 Å². The molecule has 1 aliphatic rings. The second kappa shape index (κ2) is 4.76. The molecule has 0 N–H and O–H groups in total. The van der Waals surface area contributed by atoms with Gasteiger partial charge in [-0.3, -0.25) is 0 Å². The molecule has 0 radical (unpaired) electrons. The highest BCUT2D eigenvalue weighted by Gasteiger charge is 2.24. The maximum Gasteiger partial charge on any atom is 0.188 e. The van der Waals surface area contributed by atoms with Crippen LogP contribution in [0.4, 0.5) is 5.13 Å². The molecule has 1 atom stereocenters. The number of nitrogens with zero attached hydrogens (tertiary/aromatic N) is 5. The molecule has 6 heteroatoms. The van der Waals surface area contributed by atoms with Crippen LogP contribution in [0.5, 0.6) is 0 Å². The predicted octanol–water partition coefficient (Wildman–Crippen LogP) is 1.87. The molecule has 2 aromatic rings. The minimum atomic E-state index is 0.639. The third-order valence-electron chi connectivity index (χ3n) is 3.93. The van der Waals surface area contributed by atoms with E-state index in [-0.39, 0.29) is 0 Å². The number of hydrogen-bond donors (Lipinski definition) is 0. The maximum absolute atomic E-state index is 4.78. The first kappa shape index (κ1) is 12.9. The highest BCUT2D eigenvalue weighted by Crippen LogP contribution is 2.32.